The number of hydrogen-bond donors (Lipinski definition) is 2. The Morgan fingerprint density at radius 2 is 2.13 bits per heavy atom. The van der Waals surface area contributed by atoms with E-state index in [-0.39, 0.29) is 4.88 Å². The van der Waals surface area contributed by atoms with Gasteiger partial charge in [-0.25, -0.2) is 9.59 Å². The summed E-state index contributed by atoms with van der Waals surface area (Å²) in [6, 6.07) is 1.42. The van der Waals surface area contributed by atoms with Crippen molar-refractivity contribution in [2.75, 3.05) is 7.11 Å². The van der Waals surface area contributed by atoms with Gasteiger partial charge in [-0.1, -0.05) is 0 Å². The van der Waals surface area contributed by atoms with Crippen molar-refractivity contribution in [3.8, 4) is 0 Å². The third kappa shape index (κ3) is 1.57. The van der Waals surface area contributed by atoms with Crippen LogP contribution in [0, 0.1) is 0 Å². The fraction of sp³-hybridized carbons (Fsp3) is 0.125. The highest BCUT2D eigenvalue weighted by molar-refractivity contribution is 7.20. The lowest BCUT2D eigenvalue weighted by Gasteiger charge is -1.90. The number of carbonyl (C=O) groups is 1. The fourth-order valence-electron chi connectivity index (χ4n) is 1.17. The van der Waals surface area contributed by atoms with Gasteiger partial charge in [-0.2, -0.15) is 0 Å². The number of esters is 1. The van der Waals surface area contributed by atoms with E-state index >= 15 is 0 Å². The Balaban J connectivity index is 2.76. The maximum Gasteiger partial charge on any atom is 0.348 e. The van der Waals surface area contributed by atoms with Gasteiger partial charge in [-0.15, -0.1) is 11.3 Å². The van der Waals surface area contributed by atoms with Crippen LogP contribution in [-0.2, 0) is 4.74 Å². The topological polar surface area (TPSA) is 92.0 Å². The summed E-state index contributed by atoms with van der Waals surface area (Å²) in [7, 11) is 1.25. The molecule has 0 saturated carbocycles. The zero-order valence-electron chi connectivity index (χ0n) is 7.62. The molecule has 0 unspecified atom stereocenters. The summed E-state index contributed by atoms with van der Waals surface area (Å²) >= 11 is 0.977. The summed E-state index contributed by atoms with van der Waals surface area (Å²) in [6.07, 6.45) is 0. The molecule has 0 atom stereocenters. The van der Waals surface area contributed by atoms with E-state index in [2.05, 4.69) is 14.7 Å². The maximum absolute atomic E-state index is 11.3. The quantitative estimate of drug-likeness (QED) is 0.673. The molecule has 15 heavy (non-hydrogen) atoms. The minimum Gasteiger partial charge on any atom is -0.465 e. The van der Waals surface area contributed by atoms with Crippen LogP contribution in [0.25, 0.3) is 10.2 Å². The molecule has 2 heterocycles. The van der Waals surface area contributed by atoms with E-state index in [1.54, 1.807) is 0 Å². The van der Waals surface area contributed by atoms with Crippen molar-refractivity contribution >= 4 is 27.5 Å². The van der Waals surface area contributed by atoms with Gasteiger partial charge in [-0.05, 0) is 6.07 Å². The predicted octanol–water partition coefficient (Wildman–Crippen LogP) is 0.0645. The van der Waals surface area contributed by atoms with Crippen molar-refractivity contribution in [2.24, 2.45) is 0 Å². The first kappa shape index (κ1) is 9.66. The third-order valence-electron chi connectivity index (χ3n) is 1.80. The van der Waals surface area contributed by atoms with Gasteiger partial charge in [-0.3, -0.25) is 9.78 Å². The molecule has 2 N–H and O–H groups in total. The normalized spacial score (nSPS) is 10.5. The monoisotopic (exact) mass is 226 g/mol. The van der Waals surface area contributed by atoms with Gasteiger partial charge in [0.2, 0.25) is 0 Å². The molecule has 0 spiro atoms. The molecule has 0 aliphatic heterocycles. The van der Waals surface area contributed by atoms with Gasteiger partial charge in [0.05, 0.1) is 12.6 Å². The van der Waals surface area contributed by atoms with Crippen LogP contribution in [-0.4, -0.2) is 23.0 Å². The van der Waals surface area contributed by atoms with Crippen molar-refractivity contribution in [3.05, 3.63) is 31.8 Å². The molecule has 6 nitrogen and oxygen atoms in total. The number of aromatic nitrogens is 2. The molecule has 0 radical (unpaired) electrons. The first-order chi connectivity index (χ1) is 7.11. The molecule has 2 aromatic heterocycles. The highest BCUT2D eigenvalue weighted by Gasteiger charge is 2.12. The van der Waals surface area contributed by atoms with Crippen LogP contribution in [0.3, 0.4) is 0 Å². The van der Waals surface area contributed by atoms with Gasteiger partial charge in [0.1, 0.15) is 9.58 Å². The minimum absolute atomic E-state index is 0.278. The second-order valence-electron chi connectivity index (χ2n) is 2.75. The lowest BCUT2D eigenvalue weighted by atomic mass is 10.4. The Hall–Kier alpha value is -1.89. The van der Waals surface area contributed by atoms with Gasteiger partial charge in [0, 0.05) is 0 Å². The van der Waals surface area contributed by atoms with E-state index in [4.69, 9.17) is 0 Å². The largest absolute Gasteiger partial charge is 0.465 e. The Bertz CT molecular complexity index is 636. The molecule has 78 valence electrons. The summed E-state index contributed by atoms with van der Waals surface area (Å²) in [5, 5.41) is 0. The predicted molar refractivity (Wildman–Crippen MR) is 54.4 cm³/mol. The van der Waals surface area contributed by atoms with Crippen molar-refractivity contribution < 1.29 is 9.53 Å². The highest BCUT2D eigenvalue weighted by atomic mass is 32.1. The average Bonchev–Trinajstić information content (AvgIpc) is 2.60. The van der Waals surface area contributed by atoms with Crippen molar-refractivity contribution in [1.29, 1.82) is 0 Å². The summed E-state index contributed by atoms with van der Waals surface area (Å²) < 4.78 is 4.80. The van der Waals surface area contributed by atoms with Crippen molar-refractivity contribution in [3.63, 3.8) is 0 Å². The summed E-state index contributed by atoms with van der Waals surface area (Å²) in [5.41, 5.74) is -0.759. The SMILES string of the molecule is COC(=O)c1cc2[nH]c(=O)[nH]c(=O)c2s1. The number of rotatable bonds is 1. The summed E-state index contributed by atoms with van der Waals surface area (Å²) in [4.78, 5) is 38.2. The van der Waals surface area contributed by atoms with Crippen LogP contribution >= 0.6 is 11.3 Å². The van der Waals surface area contributed by atoms with Gasteiger partial charge < -0.3 is 9.72 Å². The lowest BCUT2D eigenvalue weighted by molar-refractivity contribution is 0.0606. The zero-order valence-corrected chi connectivity index (χ0v) is 8.44. The summed E-state index contributed by atoms with van der Waals surface area (Å²) in [6.45, 7) is 0. The van der Waals surface area contributed by atoms with Gasteiger partial charge in [0.25, 0.3) is 5.56 Å². The molecule has 0 aromatic carbocycles. The number of H-pyrrole nitrogens is 2. The fourth-order valence-corrected chi connectivity index (χ4v) is 2.09. The van der Waals surface area contributed by atoms with E-state index in [0.717, 1.165) is 11.3 Å². The first-order valence-corrected chi connectivity index (χ1v) is 4.78. The van der Waals surface area contributed by atoms with E-state index in [9.17, 15) is 14.4 Å². The van der Waals surface area contributed by atoms with Crippen LogP contribution in [0.4, 0.5) is 0 Å². The van der Waals surface area contributed by atoms with Crippen LogP contribution in [0.1, 0.15) is 9.67 Å². The maximum atomic E-state index is 11.3. The number of ether oxygens (including phenoxy) is 1. The molecule has 2 aromatic rings. The molecule has 0 fully saturated rings. The third-order valence-corrected chi connectivity index (χ3v) is 2.91. The Morgan fingerprint density at radius 3 is 2.80 bits per heavy atom. The minimum atomic E-state index is -0.596. The lowest BCUT2D eigenvalue weighted by Crippen LogP contribution is -2.20. The van der Waals surface area contributed by atoms with Crippen LogP contribution < -0.4 is 11.2 Å². The Labute approximate surface area is 86.5 Å². The van der Waals surface area contributed by atoms with Gasteiger partial charge in [0.15, 0.2) is 0 Å². The number of fused-ring (bicyclic) bond motifs is 1. The van der Waals surface area contributed by atoms with Gasteiger partial charge >= 0.3 is 11.7 Å². The summed E-state index contributed by atoms with van der Waals surface area (Å²) in [5.74, 6) is -0.531. The number of carbonyl (C=O) groups excluding carboxylic acids is 1. The molecule has 7 heteroatoms. The van der Waals surface area contributed by atoms with E-state index < -0.39 is 17.2 Å². The molecule has 0 aliphatic rings. The molecule has 0 aliphatic carbocycles. The average molecular weight is 226 g/mol. The van der Waals surface area contributed by atoms with E-state index in [1.165, 1.54) is 13.2 Å². The van der Waals surface area contributed by atoms with E-state index in [1.807, 2.05) is 0 Å². The Morgan fingerprint density at radius 1 is 1.40 bits per heavy atom. The second-order valence-corrected chi connectivity index (χ2v) is 3.81. The smallest absolute Gasteiger partial charge is 0.348 e. The molecular formula is C8H6N2O4S. The number of methoxy groups -OCH3 is 1. The standard InChI is InChI=1S/C8H6N2O4S/c1-14-7(12)4-2-3-5(15-4)6(11)10-8(13)9-3/h2H,1H3,(H2,9,10,11,13). The number of hydrogen-bond acceptors (Lipinski definition) is 5. The molecule has 0 amide bonds. The zero-order chi connectivity index (χ0) is 11.0. The van der Waals surface area contributed by atoms with Crippen LogP contribution in [0.2, 0.25) is 0 Å². The molecule has 2 rings (SSSR count). The number of aromatic amines is 2. The first-order valence-electron chi connectivity index (χ1n) is 3.96. The number of thiophene rings is 1. The van der Waals surface area contributed by atoms with E-state index in [0.29, 0.717) is 10.2 Å². The molecular weight excluding hydrogens is 220 g/mol. The molecule has 0 bridgehead atoms. The molecule has 0 saturated heterocycles. The van der Waals surface area contributed by atoms with Crippen LogP contribution in [0.5, 0.6) is 0 Å². The van der Waals surface area contributed by atoms with Crippen molar-refractivity contribution in [2.45, 2.75) is 0 Å². The Kier molecular flexibility index (Phi) is 2.16. The van der Waals surface area contributed by atoms with Crippen LogP contribution in [0.15, 0.2) is 15.7 Å². The highest BCUT2D eigenvalue weighted by Crippen LogP contribution is 2.20. The van der Waals surface area contributed by atoms with Crippen molar-refractivity contribution in [1.82, 2.24) is 9.97 Å². The number of nitrogens with one attached hydrogen (secondary N) is 2. The second kappa shape index (κ2) is 3.35.